The maximum absolute atomic E-state index is 11.8. The van der Waals surface area contributed by atoms with Gasteiger partial charge in [0.1, 0.15) is 11.5 Å². The zero-order valence-electron chi connectivity index (χ0n) is 14.1. The summed E-state index contributed by atoms with van der Waals surface area (Å²) >= 11 is 0. The minimum atomic E-state index is -0.345. The first-order valence-corrected chi connectivity index (χ1v) is 7.80. The Bertz CT molecular complexity index is 739. The molecule has 0 bridgehead atoms. The molecule has 1 amide bonds. The van der Waals surface area contributed by atoms with Crippen molar-refractivity contribution >= 4 is 12.1 Å². The average Bonchev–Trinajstić information content (AvgIpc) is 2.53. The molecule has 0 radical (unpaired) electrons. The van der Waals surface area contributed by atoms with Crippen molar-refractivity contribution in [3.8, 4) is 11.5 Å². The summed E-state index contributed by atoms with van der Waals surface area (Å²) in [6.07, 6.45) is 1.46. The molecule has 0 aliphatic rings. The van der Waals surface area contributed by atoms with Gasteiger partial charge in [0.25, 0.3) is 5.91 Å². The minimum Gasteiger partial charge on any atom is -0.508 e. The number of amides is 1. The van der Waals surface area contributed by atoms with Gasteiger partial charge in [-0.15, -0.1) is 0 Å². The molecule has 2 rings (SSSR count). The SMILES string of the molecule is Cc1ccc(C(C)C)c(OCC(=O)N/N=C\c2cccc(O)c2)c1. The largest absolute Gasteiger partial charge is 0.508 e. The minimum absolute atomic E-state index is 0.111. The number of aromatic hydroxyl groups is 1. The number of hydrogen-bond acceptors (Lipinski definition) is 4. The number of ether oxygens (including phenoxy) is 1. The number of aryl methyl sites for hydroxylation is 1. The van der Waals surface area contributed by atoms with Crippen molar-refractivity contribution in [1.82, 2.24) is 5.43 Å². The number of rotatable bonds is 6. The number of carbonyl (C=O) groups excluding carboxylic acids is 1. The first-order chi connectivity index (χ1) is 11.5. The third-order valence-corrected chi connectivity index (χ3v) is 3.42. The fourth-order valence-electron chi connectivity index (χ4n) is 2.20. The van der Waals surface area contributed by atoms with Crippen molar-refractivity contribution in [2.45, 2.75) is 26.7 Å². The van der Waals surface area contributed by atoms with Crippen molar-refractivity contribution in [3.63, 3.8) is 0 Å². The number of benzene rings is 2. The molecule has 0 fully saturated rings. The van der Waals surface area contributed by atoms with Crippen molar-refractivity contribution in [1.29, 1.82) is 0 Å². The van der Waals surface area contributed by atoms with Gasteiger partial charge in [-0.05, 0) is 47.7 Å². The van der Waals surface area contributed by atoms with Crippen LogP contribution in [-0.2, 0) is 4.79 Å². The van der Waals surface area contributed by atoms with Crippen LogP contribution >= 0.6 is 0 Å². The van der Waals surface area contributed by atoms with Gasteiger partial charge in [-0.25, -0.2) is 5.43 Å². The smallest absolute Gasteiger partial charge is 0.277 e. The van der Waals surface area contributed by atoms with E-state index in [1.54, 1.807) is 24.3 Å². The Labute approximate surface area is 142 Å². The van der Waals surface area contributed by atoms with E-state index in [4.69, 9.17) is 4.74 Å². The molecule has 0 aromatic heterocycles. The van der Waals surface area contributed by atoms with Crippen LogP contribution in [0.2, 0.25) is 0 Å². The second kappa shape index (κ2) is 8.15. The van der Waals surface area contributed by atoms with Crippen LogP contribution in [-0.4, -0.2) is 23.8 Å². The van der Waals surface area contributed by atoms with E-state index in [9.17, 15) is 9.90 Å². The highest BCUT2D eigenvalue weighted by molar-refractivity contribution is 5.83. The molecule has 0 saturated heterocycles. The Balaban J connectivity index is 1.91. The van der Waals surface area contributed by atoms with Crippen LogP contribution in [0, 0.1) is 6.92 Å². The number of hydrazone groups is 1. The molecule has 5 heteroatoms. The zero-order valence-corrected chi connectivity index (χ0v) is 14.1. The highest BCUT2D eigenvalue weighted by atomic mass is 16.5. The quantitative estimate of drug-likeness (QED) is 0.632. The molecule has 2 aromatic carbocycles. The second-order valence-corrected chi connectivity index (χ2v) is 5.87. The van der Waals surface area contributed by atoms with Gasteiger partial charge in [0.05, 0.1) is 6.21 Å². The van der Waals surface area contributed by atoms with Crippen molar-refractivity contribution in [3.05, 3.63) is 59.2 Å². The topological polar surface area (TPSA) is 70.9 Å². The Hall–Kier alpha value is -2.82. The van der Waals surface area contributed by atoms with Gasteiger partial charge in [-0.3, -0.25) is 4.79 Å². The maximum atomic E-state index is 11.8. The van der Waals surface area contributed by atoms with Crippen LogP contribution in [0.4, 0.5) is 0 Å². The predicted molar refractivity (Wildman–Crippen MR) is 94.6 cm³/mol. The lowest BCUT2D eigenvalue weighted by atomic mass is 10.0. The molecule has 24 heavy (non-hydrogen) atoms. The molecule has 0 spiro atoms. The molecule has 2 aromatic rings. The van der Waals surface area contributed by atoms with Crippen molar-refractivity contribution in [2.24, 2.45) is 5.10 Å². The van der Waals surface area contributed by atoms with Crippen LogP contribution in [0.1, 0.15) is 36.5 Å². The molecule has 0 aliphatic heterocycles. The molecule has 2 N–H and O–H groups in total. The van der Waals surface area contributed by atoms with E-state index in [0.717, 1.165) is 16.9 Å². The summed E-state index contributed by atoms with van der Waals surface area (Å²) in [5, 5.41) is 13.2. The Morgan fingerprint density at radius 3 is 2.79 bits per heavy atom. The van der Waals surface area contributed by atoms with Gasteiger partial charge in [-0.2, -0.15) is 5.10 Å². The summed E-state index contributed by atoms with van der Waals surface area (Å²) in [6.45, 7) is 6.03. The summed E-state index contributed by atoms with van der Waals surface area (Å²) < 4.78 is 5.64. The first kappa shape index (κ1) is 17.5. The highest BCUT2D eigenvalue weighted by Gasteiger charge is 2.09. The lowest BCUT2D eigenvalue weighted by molar-refractivity contribution is -0.123. The van der Waals surface area contributed by atoms with Crippen LogP contribution < -0.4 is 10.2 Å². The van der Waals surface area contributed by atoms with Crippen molar-refractivity contribution in [2.75, 3.05) is 6.61 Å². The summed E-state index contributed by atoms with van der Waals surface area (Å²) in [6, 6.07) is 12.6. The van der Waals surface area contributed by atoms with Gasteiger partial charge < -0.3 is 9.84 Å². The average molecular weight is 326 g/mol. The number of nitrogens with zero attached hydrogens (tertiary/aromatic N) is 1. The van der Waals surface area contributed by atoms with E-state index in [2.05, 4.69) is 24.4 Å². The van der Waals surface area contributed by atoms with E-state index in [1.165, 1.54) is 6.21 Å². The summed E-state index contributed by atoms with van der Waals surface area (Å²) in [7, 11) is 0. The van der Waals surface area contributed by atoms with E-state index < -0.39 is 0 Å². The molecule has 0 unspecified atom stereocenters. The fourth-order valence-corrected chi connectivity index (χ4v) is 2.20. The monoisotopic (exact) mass is 326 g/mol. The third kappa shape index (κ3) is 5.12. The first-order valence-electron chi connectivity index (χ1n) is 7.80. The standard InChI is InChI=1S/C19H22N2O3/c1-13(2)17-8-7-14(3)9-18(17)24-12-19(23)21-20-11-15-5-4-6-16(22)10-15/h4-11,13,22H,12H2,1-3H3,(H,21,23)/b20-11-. The molecule has 0 heterocycles. The molecule has 0 atom stereocenters. The number of phenols is 1. The normalized spacial score (nSPS) is 11.0. The Morgan fingerprint density at radius 1 is 1.29 bits per heavy atom. The van der Waals surface area contributed by atoms with Gasteiger partial charge in [0.2, 0.25) is 0 Å². The highest BCUT2D eigenvalue weighted by Crippen LogP contribution is 2.27. The van der Waals surface area contributed by atoms with Crippen LogP contribution in [0.5, 0.6) is 11.5 Å². The van der Waals surface area contributed by atoms with Gasteiger partial charge >= 0.3 is 0 Å². The number of phenolic OH excluding ortho intramolecular Hbond substituents is 1. The lowest BCUT2D eigenvalue weighted by Gasteiger charge is -2.14. The van der Waals surface area contributed by atoms with E-state index in [-0.39, 0.29) is 18.3 Å². The lowest BCUT2D eigenvalue weighted by Crippen LogP contribution is -2.25. The molecular formula is C19H22N2O3. The predicted octanol–water partition coefficient (Wildman–Crippen LogP) is 3.35. The van der Waals surface area contributed by atoms with Crippen molar-refractivity contribution < 1.29 is 14.6 Å². The van der Waals surface area contributed by atoms with Crippen LogP contribution in [0.25, 0.3) is 0 Å². The van der Waals surface area contributed by atoms with Crippen LogP contribution in [0.15, 0.2) is 47.6 Å². The summed E-state index contributed by atoms with van der Waals surface area (Å²) in [5.74, 6) is 0.835. The zero-order chi connectivity index (χ0) is 17.5. The van der Waals surface area contributed by atoms with Gasteiger partial charge in [0.15, 0.2) is 6.61 Å². The maximum Gasteiger partial charge on any atom is 0.277 e. The Morgan fingerprint density at radius 2 is 2.08 bits per heavy atom. The van der Waals surface area contributed by atoms with Gasteiger partial charge in [0, 0.05) is 0 Å². The van der Waals surface area contributed by atoms with Gasteiger partial charge in [-0.1, -0.05) is 38.1 Å². The number of hydrogen-bond donors (Lipinski definition) is 2. The molecule has 126 valence electrons. The second-order valence-electron chi connectivity index (χ2n) is 5.87. The van der Waals surface area contributed by atoms with Crippen LogP contribution in [0.3, 0.4) is 0 Å². The van der Waals surface area contributed by atoms with E-state index >= 15 is 0 Å². The fraction of sp³-hybridized carbons (Fsp3) is 0.263. The molecule has 5 nitrogen and oxygen atoms in total. The third-order valence-electron chi connectivity index (χ3n) is 3.42. The van der Waals surface area contributed by atoms with E-state index in [1.807, 2.05) is 25.1 Å². The van der Waals surface area contributed by atoms with E-state index in [0.29, 0.717) is 11.5 Å². The number of carbonyl (C=O) groups is 1. The Kier molecular flexibility index (Phi) is 5.95. The molecule has 0 aliphatic carbocycles. The molecule has 0 saturated carbocycles. The summed E-state index contributed by atoms with van der Waals surface area (Å²) in [5.41, 5.74) is 5.25. The molecular weight excluding hydrogens is 304 g/mol. The number of nitrogens with one attached hydrogen (secondary N) is 1. The summed E-state index contributed by atoms with van der Waals surface area (Å²) in [4.78, 5) is 11.8.